The van der Waals surface area contributed by atoms with Gasteiger partial charge < -0.3 is 10.1 Å². The van der Waals surface area contributed by atoms with Gasteiger partial charge in [0.25, 0.3) is 0 Å². The highest BCUT2D eigenvalue weighted by molar-refractivity contribution is 5.51. The Morgan fingerprint density at radius 1 is 1.00 bits per heavy atom. The molecule has 28 heavy (non-hydrogen) atoms. The monoisotopic (exact) mass is 377 g/mol. The fourth-order valence-electron chi connectivity index (χ4n) is 4.28. The number of benzene rings is 2. The van der Waals surface area contributed by atoms with E-state index in [1.807, 2.05) is 28.9 Å². The Labute approximate surface area is 165 Å². The topological polar surface area (TPSA) is 64.9 Å². The van der Waals surface area contributed by atoms with Crippen LogP contribution in [0.5, 0.6) is 5.75 Å². The molecule has 6 nitrogen and oxygen atoms in total. The number of tetrazole rings is 1. The quantitative estimate of drug-likeness (QED) is 0.706. The number of nitrogens with one attached hydrogen (secondary N) is 1. The molecule has 0 atom stereocenters. The first-order valence-electron chi connectivity index (χ1n) is 9.89. The summed E-state index contributed by atoms with van der Waals surface area (Å²) in [6, 6.07) is 14.5. The number of aryl methyl sites for hydroxylation is 2. The normalized spacial score (nSPS) is 16.0. The van der Waals surface area contributed by atoms with E-state index < -0.39 is 0 Å². The van der Waals surface area contributed by atoms with Crippen LogP contribution in [0.4, 0.5) is 5.69 Å². The Hall–Kier alpha value is -2.89. The second-order valence-corrected chi connectivity index (χ2v) is 7.76. The summed E-state index contributed by atoms with van der Waals surface area (Å²) < 4.78 is 7.24. The first-order chi connectivity index (χ1) is 13.6. The predicted molar refractivity (Wildman–Crippen MR) is 110 cm³/mol. The molecule has 1 aliphatic carbocycles. The molecule has 6 heteroatoms. The van der Waals surface area contributed by atoms with Crippen molar-refractivity contribution in [3.05, 3.63) is 59.4 Å². The zero-order chi connectivity index (χ0) is 19.6. The molecule has 2 aromatic carbocycles. The van der Waals surface area contributed by atoms with Crippen LogP contribution < -0.4 is 10.1 Å². The Morgan fingerprint density at radius 2 is 1.75 bits per heavy atom. The van der Waals surface area contributed by atoms with Crippen LogP contribution in [-0.2, 0) is 5.54 Å². The van der Waals surface area contributed by atoms with Crippen molar-refractivity contribution < 1.29 is 4.74 Å². The lowest BCUT2D eigenvalue weighted by atomic mass is 9.80. The Morgan fingerprint density at radius 3 is 2.46 bits per heavy atom. The highest BCUT2D eigenvalue weighted by atomic mass is 16.5. The summed E-state index contributed by atoms with van der Waals surface area (Å²) in [7, 11) is 1.67. The van der Waals surface area contributed by atoms with Gasteiger partial charge in [-0.15, -0.1) is 5.10 Å². The fourth-order valence-corrected chi connectivity index (χ4v) is 4.28. The van der Waals surface area contributed by atoms with Crippen molar-refractivity contribution in [1.29, 1.82) is 0 Å². The van der Waals surface area contributed by atoms with Crippen molar-refractivity contribution >= 4 is 5.69 Å². The first kappa shape index (κ1) is 18.5. The molecule has 146 valence electrons. The van der Waals surface area contributed by atoms with Crippen molar-refractivity contribution in [2.75, 3.05) is 12.4 Å². The molecule has 1 saturated carbocycles. The lowest BCUT2D eigenvalue weighted by molar-refractivity contribution is 0.309. The van der Waals surface area contributed by atoms with E-state index in [-0.39, 0.29) is 5.54 Å². The van der Waals surface area contributed by atoms with Gasteiger partial charge in [0, 0.05) is 11.8 Å². The molecular formula is C22H27N5O. The number of ether oxygens (including phenoxy) is 1. The van der Waals surface area contributed by atoms with Crippen LogP contribution in [0.3, 0.4) is 0 Å². The number of anilines is 1. The number of hydrogen-bond acceptors (Lipinski definition) is 5. The van der Waals surface area contributed by atoms with Crippen molar-refractivity contribution in [2.45, 2.75) is 51.5 Å². The summed E-state index contributed by atoms with van der Waals surface area (Å²) in [6.45, 7) is 4.26. The van der Waals surface area contributed by atoms with E-state index in [1.165, 1.54) is 17.5 Å². The van der Waals surface area contributed by atoms with Gasteiger partial charge in [-0.25, -0.2) is 0 Å². The van der Waals surface area contributed by atoms with E-state index in [2.05, 4.69) is 52.9 Å². The van der Waals surface area contributed by atoms with E-state index in [4.69, 9.17) is 4.74 Å². The van der Waals surface area contributed by atoms with Crippen LogP contribution in [0.1, 0.15) is 49.1 Å². The lowest BCUT2D eigenvalue weighted by Gasteiger charge is -2.37. The average Bonchev–Trinajstić information content (AvgIpc) is 3.19. The molecule has 1 aliphatic rings. The van der Waals surface area contributed by atoms with E-state index in [1.54, 1.807) is 7.11 Å². The number of methoxy groups -OCH3 is 1. The first-order valence-corrected chi connectivity index (χ1v) is 9.89. The molecule has 0 bridgehead atoms. The summed E-state index contributed by atoms with van der Waals surface area (Å²) in [5.74, 6) is 1.65. The smallest absolute Gasteiger partial charge is 0.181 e. The Bertz CT molecular complexity index is 939. The maximum absolute atomic E-state index is 5.39. The van der Waals surface area contributed by atoms with E-state index in [0.717, 1.165) is 48.6 Å². The molecular weight excluding hydrogens is 350 g/mol. The Balaban J connectivity index is 1.77. The zero-order valence-electron chi connectivity index (χ0n) is 16.8. The van der Waals surface area contributed by atoms with Crippen molar-refractivity contribution in [3.63, 3.8) is 0 Å². The third-order valence-electron chi connectivity index (χ3n) is 5.51. The van der Waals surface area contributed by atoms with Crippen molar-refractivity contribution in [2.24, 2.45) is 0 Å². The van der Waals surface area contributed by atoms with Gasteiger partial charge in [-0.3, -0.25) is 0 Å². The summed E-state index contributed by atoms with van der Waals surface area (Å²) in [6.07, 6.45) is 5.57. The maximum Gasteiger partial charge on any atom is 0.181 e. The summed E-state index contributed by atoms with van der Waals surface area (Å²) >= 11 is 0. The van der Waals surface area contributed by atoms with Crippen LogP contribution in [0.15, 0.2) is 42.5 Å². The predicted octanol–water partition coefficient (Wildman–Crippen LogP) is 4.56. The highest BCUT2D eigenvalue weighted by Gasteiger charge is 2.39. The van der Waals surface area contributed by atoms with Gasteiger partial charge in [0.2, 0.25) is 0 Å². The number of hydrogen-bond donors (Lipinski definition) is 1. The molecule has 1 aromatic heterocycles. The minimum Gasteiger partial charge on any atom is -0.497 e. The van der Waals surface area contributed by atoms with Gasteiger partial charge in [-0.1, -0.05) is 31.4 Å². The van der Waals surface area contributed by atoms with Gasteiger partial charge in [0.05, 0.1) is 18.3 Å². The summed E-state index contributed by atoms with van der Waals surface area (Å²) in [4.78, 5) is 0. The minimum absolute atomic E-state index is 0.287. The number of aromatic nitrogens is 4. The zero-order valence-corrected chi connectivity index (χ0v) is 16.8. The molecule has 0 amide bonds. The van der Waals surface area contributed by atoms with Crippen LogP contribution >= 0.6 is 0 Å². The van der Waals surface area contributed by atoms with Crippen LogP contribution in [0.25, 0.3) is 5.69 Å². The van der Waals surface area contributed by atoms with Crippen molar-refractivity contribution in [3.8, 4) is 11.4 Å². The van der Waals surface area contributed by atoms with Crippen LogP contribution in [-0.4, -0.2) is 27.3 Å². The molecule has 0 saturated heterocycles. The third kappa shape index (κ3) is 3.59. The van der Waals surface area contributed by atoms with Gasteiger partial charge in [-0.2, -0.15) is 4.68 Å². The molecule has 1 N–H and O–H groups in total. The molecule has 0 spiro atoms. The fraction of sp³-hybridized carbons (Fsp3) is 0.409. The molecule has 0 unspecified atom stereocenters. The SMILES string of the molecule is COc1cccc(-n2nnnc2C2(Nc3cc(C)cc(C)c3)CCCCC2)c1. The van der Waals surface area contributed by atoms with Crippen LogP contribution in [0.2, 0.25) is 0 Å². The molecule has 4 rings (SSSR count). The largest absolute Gasteiger partial charge is 0.497 e. The Kier molecular flexibility index (Phi) is 5.03. The van der Waals surface area contributed by atoms with E-state index in [9.17, 15) is 0 Å². The average molecular weight is 377 g/mol. The van der Waals surface area contributed by atoms with Gasteiger partial charge in [0.1, 0.15) is 5.75 Å². The number of nitrogens with zero attached hydrogens (tertiary/aromatic N) is 4. The maximum atomic E-state index is 5.39. The van der Waals surface area contributed by atoms with E-state index in [0.29, 0.717) is 0 Å². The molecule has 0 aliphatic heterocycles. The van der Waals surface area contributed by atoms with Gasteiger partial charge in [-0.05, 0) is 72.5 Å². The summed E-state index contributed by atoms with van der Waals surface area (Å²) in [5, 5.41) is 16.7. The molecule has 3 aromatic rings. The van der Waals surface area contributed by atoms with Gasteiger partial charge in [0.15, 0.2) is 5.82 Å². The molecule has 1 heterocycles. The second kappa shape index (κ2) is 7.62. The minimum atomic E-state index is -0.287. The van der Waals surface area contributed by atoms with E-state index >= 15 is 0 Å². The summed E-state index contributed by atoms with van der Waals surface area (Å²) in [5.41, 5.74) is 4.25. The second-order valence-electron chi connectivity index (χ2n) is 7.76. The van der Waals surface area contributed by atoms with Crippen LogP contribution in [0, 0.1) is 13.8 Å². The van der Waals surface area contributed by atoms with Crippen molar-refractivity contribution in [1.82, 2.24) is 20.2 Å². The molecule has 1 fully saturated rings. The third-order valence-corrected chi connectivity index (χ3v) is 5.51. The highest BCUT2D eigenvalue weighted by Crippen LogP contribution is 2.40. The standard InChI is InChI=1S/C22H27N5O/c1-16-12-17(2)14-18(13-16)23-22(10-5-4-6-11-22)21-24-25-26-27(21)19-8-7-9-20(15-19)28-3/h7-9,12-15,23H,4-6,10-11H2,1-3H3. The number of rotatable bonds is 5. The molecule has 0 radical (unpaired) electrons. The lowest BCUT2D eigenvalue weighted by Crippen LogP contribution is -2.40. The van der Waals surface area contributed by atoms with Gasteiger partial charge >= 0.3 is 0 Å².